The Hall–Kier alpha value is -1.68. The fourth-order valence-corrected chi connectivity index (χ4v) is 2.79. The normalized spacial score (nSPS) is 14.1. The van der Waals surface area contributed by atoms with Crippen molar-refractivity contribution in [1.29, 1.82) is 0 Å². The topological polar surface area (TPSA) is 33.2 Å². The summed E-state index contributed by atoms with van der Waals surface area (Å²) in [5.41, 5.74) is 3.06. The second kappa shape index (κ2) is 5.13. The Bertz CT molecular complexity index is 627. The van der Waals surface area contributed by atoms with Crippen molar-refractivity contribution < 1.29 is 4.79 Å². The van der Waals surface area contributed by atoms with Crippen molar-refractivity contribution in [2.45, 2.75) is 13.0 Å². The lowest BCUT2D eigenvalue weighted by Crippen LogP contribution is -2.36. The first-order valence-corrected chi connectivity index (χ1v) is 7.01. The van der Waals surface area contributed by atoms with Gasteiger partial charge in [0.15, 0.2) is 0 Å². The molecule has 1 aromatic carbocycles. The summed E-state index contributed by atoms with van der Waals surface area (Å²) in [6, 6.07) is 11.9. The van der Waals surface area contributed by atoms with Crippen molar-refractivity contribution in [1.82, 2.24) is 9.88 Å². The van der Waals surface area contributed by atoms with Gasteiger partial charge < -0.3 is 4.90 Å². The SMILES string of the molecule is O=C(c1ncccc1Br)N1CCc2ccccc2C1. The predicted molar refractivity (Wildman–Crippen MR) is 76.8 cm³/mol. The van der Waals surface area contributed by atoms with Crippen LogP contribution in [0.1, 0.15) is 21.6 Å². The molecule has 2 heterocycles. The molecule has 0 bridgehead atoms. The van der Waals surface area contributed by atoms with E-state index in [0.717, 1.165) is 17.4 Å². The minimum Gasteiger partial charge on any atom is -0.333 e. The van der Waals surface area contributed by atoms with Gasteiger partial charge in [0.2, 0.25) is 0 Å². The first-order chi connectivity index (χ1) is 9.25. The van der Waals surface area contributed by atoms with Crippen LogP contribution in [0.4, 0.5) is 0 Å². The molecular weight excluding hydrogens is 304 g/mol. The van der Waals surface area contributed by atoms with Crippen LogP contribution in [0.5, 0.6) is 0 Å². The number of carbonyl (C=O) groups excluding carboxylic acids is 1. The highest BCUT2D eigenvalue weighted by molar-refractivity contribution is 9.10. The third-order valence-corrected chi connectivity index (χ3v) is 4.02. The summed E-state index contributed by atoms with van der Waals surface area (Å²) in [7, 11) is 0. The summed E-state index contributed by atoms with van der Waals surface area (Å²) in [5.74, 6) is -0.0121. The lowest BCUT2D eigenvalue weighted by atomic mass is 10.00. The molecule has 0 radical (unpaired) electrons. The number of pyridine rings is 1. The molecule has 0 aliphatic carbocycles. The molecule has 4 heteroatoms. The van der Waals surface area contributed by atoms with Crippen LogP contribution in [0.15, 0.2) is 47.1 Å². The van der Waals surface area contributed by atoms with Gasteiger partial charge in [-0.05, 0) is 45.6 Å². The van der Waals surface area contributed by atoms with Crippen LogP contribution in [-0.4, -0.2) is 22.3 Å². The summed E-state index contributed by atoms with van der Waals surface area (Å²) < 4.78 is 0.749. The zero-order chi connectivity index (χ0) is 13.2. The number of aromatic nitrogens is 1. The van der Waals surface area contributed by atoms with Crippen molar-refractivity contribution in [3.8, 4) is 0 Å². The van der Waals surface area contributed by atoms with Gasteiger partial charge in [-0.3, -0.25) is 4.79 Å². The highest BCUT2D eigenvalue weighted by Gasteiger charge is 2.23. The maximum Gasteiger partial charge on any atom is 0.273 e. The maximum absolute atomic E-state index is 12.5. The number of hydrogen-bond acceptors (Lipinski definition) is 2. The van der Waals surface area contributed by atoms with Gasteiger partial charge in [0.1, 0.15) is 5.69 Å². The Kier molecular flexibility index (Phi) is 3.34. The standard InChI is InChI=1S/C15H13BrN2O/c16-13-6-3-8-17-14(13)15(19)18-9-7-11-4-1-2-5-12(11)10-18/h1-6,8H,7,9-10H2. The van der Waals surface area contributed by atoms with Crippen LogP contribution in [0.2, 0.25) is 0 Å². The number of amides is 1. The number of nitrogens with zero attached hydrogens (tertiary/aromatic N) is 2. The van der Waals surface area contributed by atoms with Crippen molar-refractivity contribution in [2.75, 3.05) is 6.54 Å². The molecular formula is C15H13BrN2O. The summed E-state index contributed by atoms with van der Waals surface area (Å²) in [6.45, 7) is 1.41. The summed E-state index contributed by atoms with van der Waals surface area (Å²) in [4.78, 5) is 18.5. The van der Waals surface area contributed by atoms with E-state index in [0.29, 0.717) is 12.2 Å². The van der Waals surface area contributed by atoms with Gasteiger partial charge in [-0.15, -0.1) is 0 Å². The van der Waals surface area contributed by atoms with E-state index in [1.807, 2.05) is 29.2 Å². The van der Waals surface area contributed by atoms with Gasteiger partial charge >= 0.3 is 0 Å². The van der Waals surface area contributed by atoms with Crippen molar-refractivity contribution in [3.05, 3.63) is 63.9 Å². The van der Waals surface area contributed by atoms with Gasteiger partial charge in [-0.25, -0.2) is 4.98 Å². The number of carbonyl (C=O) groups is 1. The Balaban J connectivity index is 1.86. The van der Waals surface area contributed by atoms with E-state index in [-0.39, 0.29) is 5.91 Å². The Morgan fingerprint density at radius 2 is 1.95 bits per heavy atom. The molecule has 0 fully saturated rings. The minimum absolute atomic E-state index is 0.0121. The molecule has 0 unspecified atom stereocenters. The average molecular weight is 317 g/mol. The third-order valence-electron chi connectivity index (χ3n) is 3.38. The Morgan fingerprint density at radius 3 is 2.74 bits per heavy atom. The number of halogens is 1. The van der Waals surface area contributed by atoms with E-state index in [4.69, 9.17) is 0 Å². The zero-order valence-electron chi connectivity index (χ0n) is 10.3. The lowest BCUT2D eigenvalue weighted by Gasteiger charge is -2.28. The Labute approximate surface area is 120 Å². The van der Waals surface area contributed by atoms with Gasteiger partial charge in [0, 0.05) is 23.8 Å². The molecule has 1 aliphatic rings. The van der Waals surface area contributed by atoms with Crippen LogP contribution in [-0.2, 0) is 13.0 Å². The molecule has 1 amide bonds. The molecule has 1 aromatic heterocycles. The summed E-state index contributed by atoms with van der Waals surface area (Å²) in [5, 5.41) is 0. The van der Waals surface area contributed by atoms with E-state index in [9.17, 15) is 4.79 Å². The van der Waals surface area contributed by atoms with Crippen molar-refractivity contribution >= 4 is 21.8 Å². The van der Waals surface area contributed by atoms with Crippen LogP contribution >= 0.6 is 15.9 Å². The fourth-order valence-electron chi connectivity index (χ4n) is 2.36. The van der Waals surface area contributed by atoms with Gasteiger partial charge in [-0.1, -0.05) is 24.3 Å². The molecule has 96 valence electrons. The second-order valence-electron chi connectivity index (χ2n) is 4.58. The highest BCUT2D eigenvalue weighted by atomic mass is 79.9. The molecule has 0 N–H and O–H groups in total. The first-order valence-electron chi connectivity index (χ1n) is 6.22. The van der Waals surface area contributed by atoms with E-state index >= 15 is 0 Å². The van der Waals surface area contributed by atoms with Gasteiger partial charge in [0.05, 0.1) is 0 Å². The van der Waals surface area contributed by atoms with Crippen LogP contribution in [0.3, 0.4) is 0 Å². The molecule has 0 saturated heterocycles. The molecule has 19 heavy (non-hydrogen) atoms. The number of benzene rings is 1. The largest absolute Gasteiger partial charge is 0.333 e. The van der Waals surface area contributed by atoms with E-state index in [1.165, 1.54) is 11.1 Å². The van der Waals surface area contributed by atoms with Crippen LogP contribution in [0.25, 0.3) is 0 Å². The average Bonchev–Trinajstić information content (AvgIpc) is 2.46. The summed E-state index contributed by atoms with van der Waals surface area (Å²) >= 11 is 3.39. The van der Waals surface area contributed by atoms with Gasteiger partial charge in [-0.2, -0.15) is 0 Å². The maximum atomic E-state index is 12.5. The molecule has 1 aliphatic heterocycles. The van der Waals surface area contributed by atoms with E-state index < -0.39 is 0 Å². The second-order valence-corrected chi connectivity index (χ2v) is 5.43. The molecule has 0 spiro atoms. The Morgan fingerprint density at radius 1 is 1.16 bits per heavy atom. The molecule has 0 saturated carbocycles. The van der Waals surface area contributed by atoms with Crippen molar-refractivity contribution in [2.24, 2.45) is 0 Å². The highest BCUT2D eigenvalue weighted by Crippen LogP contribution is 2.22. The van der Waals surface area contributed by atoms with E-state index in [1.54, 1.807) is 6.20 Å². The number of fused-ring (bicyclic) bond motifs is 1. The number of hydrogen-bond donors (Lipinski definition) is 0. The molecule has 3 nitrogen and oxygen atoms in total. The smallest absolute Gasteiger partial charge is 0.273 e. The summed E-state index contributed by atoms with van der Waals surface area (Å²) in [6.07, 6.45) is 2.56. The van der Waals surface area contributed by atoms with Crippen LogP contribution in [0, 0.1) is 0 Å². The van der Waals surface area contributed by atoms with E-state index in [2.05, 4.69) is 33.0 Å². The monoisotopic (exact) mass is 316 g/mol. The predicted octanol–water partition coefficient (Wildman–Crippen LogP) is 3.04. The molecule has 3 rings (SSSR count). The quantitative estimate of drug-likeness (QED) is 0.810. The van der Waals surface area contributed by atoms with Gasteiger partial charge in [0.25, 0.3) is 5.91 Å². The minimum atomic E-state index is -0.0121. The molecule has 2 aromatic rings. The fraction of sp³-hybridized carbons (Fsp3) is 0.200. The van der Waals surface area contributed by atoms with Crippen molar-refractivity contribution in [3.63, 3.8) is 0 Å². The lowest BCUT2D eigenvalue weighted by molar-refractivity contribution is 0.0727. The first kappa shape index (κ1) is 12.4. The number of rotatable bonds is 1. The van der Waals surface area contributed by atoms with Crippen LogP contribution < -0.4 is 0 Å². The third kappa shape index (κ3) is 2.40. The molecule has 0 atom stereocenters. The zero-order valence-corrected chi connectivity index (χ0v) is 11.9.